The molecule has 0 aliphatic heterocycles. The molecule has 0 unspecified atom stereocenters. The van der Waals surface area contributed by atoms with E-state index in [4.69, 9.17) is 9.15 Å². The number of hydrogen-bond donors (Lipinski definition) is 1. The molecular weight excluding hydrogens is 518 g/mol. The van der Waals surface area contributed by atoms with Crippen LogP contribution in [0.5, 0.6) is 0 Å². The van der Waals surface area contributed by atoms with Crippen molar-refractivity contribution >= 4 is 55.4 Å². The van der Waals surface area contributed by atoms with E-state index in [0.29, 0.717) is 27.7 Å². The molecule has 0 saturated carbocycles. The summed E-state index contributed by atoms with van der Waals surface area (Å²) in [5.74, 6) is -0.825. The minimum absolute atomic E-state index is 0.258. The van der Waals surface area contributed by atoms with Crippen molar-refractivity contribution in [1.29, 1.82) is 0 Å². The van der Waals surface area contributed by atoms with Crippen LogP contribution in [0.2, 0.25) is 0 Å². The lowest BCUT2D eigenvalue weighted by Crippen LogP contribution is -2.21. The first-order valence-electron chi connectivity index (χ1n) is 10.2. The number of carbonyl (C=O) groups is 2. The van der Waals surface area contributed by atoms with Crippen molar-refractivity contribution < 1.29 is 18.7 Å². The van der Waals surface area contributed by atoms with Gasteiger partial charge in [0.2, 0.25) is 5.89 Å². The third-order valence-corrected chi connectivity index (χ3v) is 6.18. The van der Waals surface area contributed by atoms with E-state index in [1.165, 1.54) is 11.3 Å². The Bertz CT molecular complexity index is 1460. The van der Waals surface area contributed by atoms with Gasteiger partial charge in [-0.25, -0.2) is 14.8 Å². The quantitative estimate of drug-likeness (QED) is 0.262. The third-order valence-electron chi connectivity index (χ3n) is 4.90. The van der Waals surface area contributed by atoms with Crippen molar-refractivity contribution in [2.45, 2.75) is 0 Å². The van der Waals surface area contributed by atoms with E-state index >= 15 is 0 Å². The van der Waals surface area contributed by atoms with Crippen molar-refractivity contribution in [2.24, 2.45) is 0 Å². The summed E-state index contributed by atoms with van der Waals surface area (Å²) in [5.41, 5.74) is 3.73. The van der Waals surface area contributed by atoms with Crippen LogP contribution in [0.25, 0.3) is 33.8 Å². The third kappa shape index (κ3) is 4.75. The van der Waals surface area contributed by atoms with Gasteiger partial charge < -0.3 is 9.15 Å². The van der Waals surface area contributed by atoms with Gasteiger partial charge in [-0.05, 0) is 36.4 Å². The van der Waals surface area contributed by atoms with Gasteiger partial charge in [0.1, 0.15) is 5.52 Å². The number of anilines is 1. The Hall–Kier alpha value is -3.82. The molecule has 34 heavy (non-hydrogen) atoms. The zero-order chi connectivity index (χ0) is 23.5. The van der Waals surface area contributed by atoms with Crippen molar-refractivity contribution in [1.82, 2.24) is 9.97 Å². The number of nitrogens with one attached hydrogen (secondary N) is 1. The van der Waals surface area contributed by atoms with Crippen LogP contribution >= 0.6 is 27.3 Å². The van der Waals surface area contributed by atoms with Crippen LogP contribution in [0.1, 0.15) is 10.4 Å². The Kier molecular flexibility index (Phi) is 6.20. The SMILES string of the molecule is O=C(COC(=O)c1ccccc1-c1nc2ccccc2o1)Nc1nc(-c2ccc(Br)cc2)cs1. The number of esters is 1. The monoisotopic (exact) mass is 533 g/mol. The summed E-state index contributed by atoms with van der Waals surface area (Å²) in [5, 5.41) is 4.94. The number of nitrogens with zero attached hydrogens (tertiary/aromatic N) is 2. The number of hydrogen-bond acceptors (Lipinski definition) is 7. The Labute approximate surface area is 206 Å². The highest BCUT2D eigenvalue weighted by Crippen LogP contribution is 2.28. The summed E-state index contributed by atoms with van der Waals surface area (Å²) in [6, 6.07) is 21.9. The molecule has 5 aromatic rings. The van der Waals surface area contributed by atoms with E-state index in [9.17, 15) is 9.59 Å². The first kappa shape index (κ1) is 22.0. The predicted octanol–water partition coefficient (Wildman–Crippen LogP) is 6.18. The molecule has 0 aliphatic rings. The van der Waals surface area contributed by atoms with Crippen molar-refractivity contribution in [3.05, 3.63) is 88.2 Å². The second kappa shape index (κ2) is 9.58. The molecule has 0 fully saturated rings. The molecule has 1 amide bonds. The van der Waals surface area contributed by atoms with Gasteiger partial charge in [-0.3, -0.25) is 10.1 Å². The maximum atomic E-state index is 12.7. The van der Waals surface area contributed by atoms with Crippen molar-refractivity contribution in [3.8, 4) is 22.7 Å². The summed E-state index contributed by atoms with van der Waals surface area (Å²) >= 11 is 4.70. The topological polar surface area (TPSA) is 94.3 Å². The lowest BCUT2D eigenvalue weighted by molar-refractivity contribution is -0.119. The van der Waals surface area contributed by atoms with E-state index in [1.807, 2.05) is 47.8 Å². The number of thiazole rings is 1. The van der Waals surface area contributed by atoms with Crippen LogP contribution in [0.15, 0.2) is 87.1 Å². The van der Waals surface area contributed by atoms with Gasteiger partial charge in [-0.15, -0.1) is 11.3 Å². The molecule has 168 valence electrons. The van der Waals surface area contributed by atoms with Crippen LogP contribution in [0, 0.1) is 0 Å². The molecule has 0 atom stereocenters. The average molecular weight is 534 g/mol. The molecule has 5 rings (SSSR count). The maximum absolute atomic E-state index is 12.7. The number of fused-ring (bicyclic) bond motifs is 1. The highest BCUT2D eigenvalue weighted by molar-refractivity contribution is 9.10. The number of benzene rings is 3. The minimum atomic E-state index is -0.650. The summed E-state index contributed by atoms with van der Waals surface area (Å²) in [6.07, 6.45) is 0. The minimum Gasteiger partial charge on any atom is -0.452 e. The summed E-state index contributed by atoms with van der Waals surface area (Å²) in [6.45, 7) is -0.450. The summed E-state index contributed by atoms with van der Waals surface area (Å²) < 4.78 is 12.0. The molecule has 0 saturated heterocycles. The molecule has 7 nitrogen and oxygen atoms in total. The van der Waals surface area contributed by atoms with Gasteiger partial charge >= 0.3 is 5.97 Å². The van der Waals surface area contributed by atoms with E-state index in [0.717, 1.165) is 15.7 Å². The van der Waals surface area contributed by atoms with Crippen LogP contribution in [0.3, 0.4) is 0 Å². The molecule has 0 spiro atoms. The number of carbonyl (C=O) groups excluding carboxylic acids is 2. The Morgan fingerprint density at radius 3 is 2.56 bits per heavy atom. The van der Waals surface area contributed by atoms with E-state index < -0.39 is 18.5 Å². The Morgan fingerprint density at radius 1 is 0.971 bits per heavy atom. The van der Waals surface area contributed by atoms with Gasteiger partial charge in [0.15, 0.2) is 17.3 Å². The molecule has 2 aromatic heterocycles. The standard InChI is InChI=1S/C25H16BrN3O4S/c26-16-11-9-15(10-12-16)20-14-34-25(28-20)29-22(30)13-32-24(31)18-6-2-1-5-17(18)23-27-19-7-3-4-8-21(19)33-23/h1-12,14H,13H2,(H,28,29,30). The van der Waals surface area contributed by atoms with E-state index in [-0.39, 0.29) is 5.56 Å². The molecule has 9 heteroatoms. The smallest absolute Gasteiger partial charge is 0.339 e. The van der Waals surface area contributed by atoms with Crippen LogP contribution in [0.4, 0.5) is 5.13 Å². The van der Waals surface area contributed by atoms with Gasteiger partial charge in [0, 0.05) is 15.4 Å². The number of ether oxygens (including phenoxy) is 1. The fourth-order valence-electron chi connectivity index (χ4n) is 3.28. The highest BCUT2D eigenvalue weighted by Gasteiger charge is 2.19. The number of rotatable bonds is 6. The normalized spacial score (nSPS) is 10.9. The molecule has 0 aliphatic carbocycles. The van der Waals surface area contributed by atoms with Gasteiger partial charge in [-0.2, -0.15) is 0 Å². The zero-order valence-corrected chi connectivity index (χ0v) is 19.9. The lowest BCUT2D eigenvalue weighted by Gasteiger charge is -2.07. The molecule has 1 N–H and O–H groups in total. The number of amides is 1. The number of para-hydroxylation sites is 2. The molecule has 0 radical (unpaired) electrons. The predicted molar refractivity (Wildman–Crippen MR) is 134 cm³/mol. The van der Waals surface area contributed by atoms with Gasteiger partial charge in [-0.1, -0.05) is 52.3 Å². The lowest BCUT2D eigenvalue weighted by atomic mass is 10.1. The van der Waals surface area contributed by atoms with E-state index in [1.54, 1.807) is 30.3 Å². The first-order valence-corrected chi connectivity index (χ1v) is 11.9. The van der Waals surface area contributed by atoms with Crippen LogP contribution in [-0.2, 0) is 9.53 Å². The van der Waals surface area contributed by atoms with Crippen molar-refractivity contribution in [3.63, 3.8) is 0 Å². The highest BCUT2D eigenvalue weighted by atomic mass is 79.9. The number of halogens is 1. The van der Waals surface area contributed by atoms with Gasteiger partial charge in [0.05, 0.1) is 16.8 Å². The van der Waals surface area contributed by atoms with Crippen molar-refractivity contribution in [2.75, 3.05) is 11.9 Å². The second-order valence-corrected chi connectivity index (χ2v) is 8.98. The maximum Gasteiger partial charge on any atom is 0.339 e. The summed E-state index contributed by atoms with van der Waals surface area (Å²) in [4.78, 5) is 34.0. The Morgan fingerprint density at radius 2 is 1.74 bits per heavy atom. The zero-order valence-electron chi connectivity index (χ0n) is 17.5. The first-order chi connectivity index (χ1) is 16.6. The second-order valence-electron chi connectivity index (χ2n) is 7.20. The molecule has 0 bridgehead atoms. The number of oxazole rings is 1. The van der Waals surface area contributed by atoms with Crippen LogP contribution in [-0.4, -0.2) is 28.5 Å². The largest absolute Gasteiger partial charge is 0.452 e. The molecule has 3 aromatic carbocycles. The average Bonchev–Trinajstić information content (AvgIpc) is 3.50. The Balaban J connectivity index is 1.24. The molecule has 2 heterocycles. The molecular formula is C25H16BrN3O4S. The summed E-state index contributed by atoms with van der Waals surface area (Å²) in [7, 11) is 0. The fourth-order valence-corrected chi connectivity index (χ4v) is 4.28. The number of aromatic nitrogens is 2. The van der Waals surface area contributed by atoms with Gasteiger partial charge in [0.25, 0.3) is 5.91 Å². The van der Waals surface area contributed by atoms with Crippen LogP contribution < -0.4 is 5.32 Å². The van der Waals surface area contributed by atoms with E-state index in [2.05, 4.69) is 31.2 Å². The fraction of sp³-hybridized carbons (Fsp3) is 0.0400.